The highest BCUT2D eigenvalue weighted by Gasteiger charge is 2.95. The molecule has 55 heavy (non-hydrogen) atoms. The first-order valence-corrected chi connectivity index (χ1v) is 16.0. The first-order valence-electron chi connectivity index (χ1n) is 14.5. The molecule has 0 saturated carbocycles. The second-order valence-corrected chi connectivity index (χ2v) is 12.9. The van der Waals surface area contributed by atoms with E-state index in [2.05, 4.69) is 9.84 Å². The monoisotopic (exact) mass is 840 g/mol. The predicted octanol–water partition coefficient (Wildman–Crippen LogP) is 9.37. The van der Waals surface area contributed by atoms with Gasteiger partial charge in [-0.25, -0.2) is 4.79 Å². The lowest BCUT2D eigenvalue weighted by molar-refractivity contribution is -0.462. The number of nitrogens with one attached hydrogen (secondary N) is 1. The molecule has 3 aromatic carbocycles. The van der Waals surface area contributed by atoms with Gasteiger partial charge in [0.1, 0.15) is 0 Å². The fourth-order valence-electron chi connectivity index (χ4n) is 4.42. The summed E-state index contributed by atoms with van der Waals surface area (Å²) in [6.45, 7) is 2.01. The lowest BCUT2D eigenvalue weighted by Gasteiger charge is -2.42. The molecule has 0 aromatic heterocycles. The molecule has 0 heterocycles. The maximum Gasteiger partial charge on any atom is 0.460 e. The van der Waals surface area contributed by atoms with Gasteiger partial charge in [-0.05, 0) is 32.0 Å². The second kappa shape index (κ2) is 14.5. The van der Waals surface area contributed by atoms with Crippen molar-refractivity contribution in [3.05, 3.63) is 101 Å². The van der Waals surface area contributed by atoms with Gasteiger partial charge < -0.3 is 4.74 Å². The summed E-state index contributed by atoms with van der Waals surface area (Å²) in [5, 5.41) is 3.66. The number of halogens is 17. The summed E-state index contributed by atoms with van der Waals surface area (Å²) in [7, 11) is -4.60. The normalized spacial score (nSPS) is 14.5. The summed E-state index contributed by atoms with van der Waals surface area (Å²) in [6, 6.07) is 10.4. The summed E-state index contributed by atoms with van der Waals surface area (Å²) in [5.74, 6) is -60.1. The summed E-state index contributed by atoms with van der Waals surface area (Å²) >= 11 is 0. The van der Waals surface area contributed by atoms with Crippen LogP contribution in [-0.4, -0.2) is 68.4 Å². The number of alkyl halides is 17. The van der Waals surface area contributed by atoms with Crippen LogP contribution in [0.4, 0.5) is 74.6 Å². The van der Waals surface area contributed by atoms with Gasteiger partial charge >= 0.3 is 53.6 Å². The number of esters is 1. The van der Waals surface area contributed by atoms with E-state index < -0.39 is 104 Å². The van der Waals surface area contributed by atoms with E-state index in [0.717, 1.165) is 31.2 Å². The number of aryl methyl sites for hydroxylation is 1. The fraction of sp³-hybridized carbons (Fsp3) is 0.355. The smallest absolute Gasteiger partial charge is 0.460 e. The third-order valence-electron chi connectivity index (χ3n) is 7.51. The number of sulfonamides is 1. The molecule has 0 atom stereocenters. The molecule has 1 N–H and O–H groups in total. The second-order valence-electron chi connectivity index (χ2n) is 11.2. The topological polar surface area (TPSA) is 84.8 Å². The zero-order valence-electron chi connectivity index (χ0n) is 27.0. The molecule has 3 rings (SSSR count). The Morgan fingerprint density at radius 1 is 0.636 bits per heavy atom. The fourth-order valence-corrected chi connectivity index (χ4v) is 5.23. The highest BCUT2D eigenvalue weighted by molar-refractivity contribution is 7.89. The van der Waals surface area contributed by atoms with Gasteiger partial charge in [0, 0.05) is 16.7 Å². The van der Waals surface area contributed by atoms with Crippen LogP contribution in [-0.2, 0) is 20.7 Å². The molecule has 0 aliphatic carbocycles. The van der Waals surface area contributed by atoms with E-state index in [9.17, 15) is 79.1 Å². The molecular weight excluding hydrogens is 819 g/mol. The van der Waals surface area contributed by atoms with E-state index in [4.69, 9.17) is 0 Å². The number of carbonyl (C=O) groups is 1. The minimum absolute atomic E-state index is 0.153. The van der Waals surface area contributed by atoms with E-state index in [1.807, 2.05) is 0 Å². The van der Waals surface area contributed by atoms with Gasteiger partial charge in [0.15, 0.2) is 0 Å². The highest BCUT2D eigenvalue weighted by atomic mass is 32.2. The molecule has 0 aliphatic rings. The van der Waals surface area contributed by atoms with E-state index in [-0.39, 0.29) is 17.7 Å². The van der Waals surface area contributed by atoms with Gasteiger partial charge in [-0.15, -0.1) is 0 Å². The molecule has 0 unspecified atom stereocenters. The summed E-state index contributed by atoms with van der Waals surface area (Å²) in [4.78, 5) is 14.2. The zero-order valence-corrected chi connectivity index (χ0v) is 27.9. The average Bonchev–Trinajstić information content (AvgIpc) is 3.08. The zero-order chi connectivity index (χ0) is 42.4. The first kappa shape index (κ1) is 44.8. The van der Waals surface area contributed by atoms with Gasteiger partial charge in [0.05, 0.1) is 22.8 Å². The Bertz CT molecular complexity index is 2020. The molecule has 0 amide bonds. The standard InChI is InChI=1S/C31H21F17N2O4S/c1-3-54-23(51)21-15-18(11-14-20(21)22(17-7-5-4-6-8-17)49-50-55(52,53)19-12-9-16(2)10-13-19)24(32,33)25(34,35)26(36,37)27(38,39)28(40,41)29(42,43)30(44,45)31(46,47)48/h4-15,50H,3H2,1-2H3. The molecule has 0 radical (unpaired) electrons. The van der Waals surface area contributed by atoms with Crippen LogP contribution in [0.1, 0.15) is 39.5 Å². The Balaban J connectivity index is 2.27. The van der Waals surface area contributed by atoms with Crippen molar-refractivity contribution in [2.24, 2.45) is 5.10 Å². The minimum atomic E-state index is -8.82. The number of hydrogen-bond donors (Lipinski definition) is 1. The average molecular weight is 841 g/mol. The van der Waals surface area contributed by atoms with E-state index in [1.54, 1.807) is 11.8 Å². The third-order valence-corrected chi connectivity index (χ3v) is 8.74. The van der Waals surface area contributed by atoms with Gasteiger partial charge in [-0.2, -0.15) is 93.0 Å². The van der Waals surface area contributed by atoms with Crippen LogP contribution in [0.2, 0.25) is 0 Å². The largest absolute Gasteiger partial charge is 0.462 e. The number of hydrazone groups is 1. The van der Waals surface area contributed by atoms with Crippen molar-refractivity contribution in [2.75, 3.05) is 6.61 Å². The van der Waals surface area contributed by atoms with Crippen molar-refractivity contribution in [1.29, 1.82) is 0 Å². The van der Waals surface area contributed by atoms with Gasteiger partial charge in [0.25, 0.3) is 10.0 Å². The maximum absolute atomic E-state index is 15.3. The van der Waals surface area contributed by atoms with Crippen molar-refractivity contribution in [2.45, 2.75) is 66.4 Å². The number of benzene rings is 3. The predicted molar refractivity (Wildman–Crippen MR) is 156 cm³/mol. The van der Waals surface area contributed by atoms with Crippen LogP contribution in [0, 0.1) is 6.92 Å². The third kappa shape index (κ3) is 7.39. The summed E-state index contributed by atoms with van der Waals surface area (Å²) < 4.78 is 267. The molecule has 0 saturated heterocycles. The number of hydrogen-bond acceptors (Lipinski definition) is 5. The Morgan fingerprint density at radius 3 is 1.58 bits per heavy atom. The van der Waals surface area contributed by atoms with Gasteiger partial charge in [0.2, 0.25) is 0 Å². The van der Waals surface area contributed by atoms with Crippen LogP contribution >= 0.6 is 0 Å². The molecule has 24 heteroatoms. The molecule has 0 spiro atoms. The van der Waals surface area contributed by atoms with Crippen LogP contribution in [0.5, 0.6) is 0 Å². The first-order chi connectivity index (χ1) is 24.8. The molecule has 304 valence electrons. The Morgan fingerprint density at radius 2 is 1.11 bits per heavy atom. The number of carbonyl (C=O) groups excluding carboxylic acids is 1. The van der Waals surface area contributed by atoms with E-state index in [0.29, 0.717) is 5.56 Å². The van der Waals surface area contributed by atoms with Crippen molar-refractivity contribution >= 4 is 21.7 Å². The molecule has 0 aliphatic heterocycles. The number of nitrogens with zero attached hydrogens (tertiary/aromatic N) is 1. The maximum atomic E-state index is 15.3. The van der Waals surface area contributed by atoms with Crippen molar-refractivity contribution in [1.82, 2.24) is 4.83 Å². The number of rotatable bonds is 14. The summed E-state index contributed by atoms with van der Waals surface area (Å²) in [6.07, 6.45) is -7.90. The van der Waals surface area contributed by atoms with E-state index in [1.165, 1.54) is 30.3 Å². The molecule has 6 nitrogen and oxygen atoms in total. The van der Waals surface area contributed by atoms with Crippen LogP contribution in [0.3, 0.4) is 0 Å². The molecule has 0 bridgehead atoms. The lowest BCUT2D eigenvalue weighted by atomic mass is 9.86. The van der Waals surface area contributed by atoms with Crippen molar-refractivity contribution in [3.63, 3.8) is 0 Å². The van der Waals surface area contributed by atoms with Gasteiger partial charge in [-0.3, -0.25) is 0 Å². The van der Waals surface area contributed by atoms with Crippen molar-refractivity contribution in [3.8, 4) is 0 Å². The SMILES string of the molecule is CCOC(=O)c1cc(C(F)(F)C(F)(F)C(F)(F)C(F)(F)C(F)(F)C(F)(F)C(F)(F)C(F)(F)F)ccc1C(=NNS(=O)(=O)c1ccc(C)cc1)c1ccccc1. The van der Waals surface area contributed by atoms with Gasteiger partial charge in [-0.1, -0.05) is 60.2 Å². The van der Waals surface area contributed by atoms with E-state index >= 15 is 8.78 Å². The summed E-state index contributed by atoms with van der Waals surface area (Å²) in [5.41, 5.74) is -5.27. The van der Waals surface area contributed by atoms with Crippen LogP contribution in [0.15, 0.2) is 82.8 Å². The lowest BCUT2D eigenvalue weighted by Crippen LogP contribution is -2.74. The Hall–Kier alpha value is -4.64. The minimum Gasteiger partial charge on any atom is -0.462 e. The van der Waals surface area contributed by atoms with Crippen LogP contribution < -0.4 is 4.83 Å². The quantitative estimate of drug-likeness (QED) is 0.0760. The molecule has 0 fully saturated rings. The molecule has 3 aromatic rings. The molecular formula is C31H21F17N2O4S. The van der Waals surface area contributed by atoms with Crippen molar-refractivity contribution < 1.29 is 92.6 Å². The Kier molecular flexibility index (Phi) is 11.8. The Labute approximate surface area is 298 Å². The highest BCUT2D eigenvalue weighted by Crippen LogP contribution is 2.65. The number of ether oxygens (including phenoxy) is 1. The van der Waals surface area contributed by atoms with Crippen LogP contribution in [0.25, 0.3) is 0 Å².